The predicted molar refractivity (Wildman–Crippen MR) is 91.4 cm³/mol. The Morgan fingerprint density at radius 2 is 1.95 bits per heavy atom. The number of primary amides is 1. The van der Waals surface area contributed by atoms with Gasteiger partial charge in [-0.1, -0.05) is 29.8 Å². The van der Waals surface area contributed by atoms with Crippen LogP contribution >= 0.6 is 22.9 Å². The van der Waals surface area contributed by atoms with Gasteiger partial charge in [-0.3, -0.25) is 9.59 Å². The molecule has 2 rings (SSSR count). The van der Waals surface area contributed by atoms with Crippen molar-refractivity contribution in [3.8, 4) is 0 Å². The van der Waals surface area contributed by atoms with Crippen molar-refractivity contribution in [2.45, 2.75) is 13.8 Å². The Labute approximate surface area is 137 Å². The van der Waals surface area contributed by atoms with Crippen LogP contribution in [0, 0.1) is 13.8 Å². The Hall–Kier alpha value is -2.11. The molecule has 0 aliphatic rings. The van der Waals surface area contributed by atoms with Gasteiger partial charge in [0, 0.05) is 16.0 Å². The topological polar surface area (TPSA) is 72.2 Å². The van der Waals surface area contributed by atoms with Crippen LogP contribution in [0.25, 0.3) is 6.08 Å². The molecule has 0 saturated heterocycles. The fourth-order valence-corrected chi connectivity index (χ4v) is 3.21. The van der Waals surface area contributed by atoms with Gasteiger partial charge >= 0.3 is 0 Å². The smallest absolute Gasteiger partial charge is 0.251 e. The highest BCUT2D eigenvalue weighted by molar-refractivity contribution is 7.16. The fraction of sp³-hybridized carbons (Fsp3) is 0.125. The number of hydrogen-bond donors (Lipinski definition) is 2. The number of aryl methyl sites for hydroxylation is 1. The van der Waals surface area contributed by atoms with Crippen molar-refractivity contribution in [3.05, 3.63) is 56.9 Å². The van der Waals surface area contributed by atoms with Crippen LogP contribution in [-0.4, -0.2) is 11.8 Å². The number of carbonyl (C=O) groups excluding carboxylic acids is 2. The van der Waals surface area contributed by atoms with Crippen LogP contribution in [0.2, 0.25) is 5.02 Å². The molecule has 114 valence electrons. The summed E-state index contributed by atoms with van der Waals surface area (Å²) < 4.78 is 0. The number of nitrogens with one attached hydrogen (secondary N) is 1. The molecule has 0 bridgehead atoms. The summed E-state index contributed by atoms with van der Waals surface area (Å²) in [6.07, 6.45) is 2.99. The number of carbonyl (C=O) groups is 2. The number of benzene rings is 1. The molecule has 1 aromatic carbocycles. The molecule has 0 fully saturated rings. The van der Waals surface area contributed by atoms with Gasteiger partial charge in [0.25, 0.3) is 5.91 Å². The molecule has 0 aliphatic heterocycles. The molecule has 2 aromatic rings. The third-order valence-electron chi connectivity index (χ3n) is 3.19. The highest BCUT2D eigenvalue weighted by Gasteiger charge is 2.18. The van der Waals surface area contributed by atoms with E-state index in [2.05, 4.69) is 5.32 Å². The molecular weight excluding hydrogens is 320 g/mol. The van der Waals surface area contributed by atoms with Gasteiger partial charge < -0.3 is 11.1 Å². The lowest BCUT2D eigenvalue weighted by molar-refractivity contribution is -0.111. The standard InChI is InChI=1S/C16H15ClN2O2S/c1-9-10(2)22-16(14(9)15(18)21)19-13(20)8-7-11-5-3-4-6-12(11)17/h3-8H,1-2H3,(H2,18,21)(H,19,20). The van der Waals surface area contributed by atoms with E-state index in [9.17, 15) is 9.59 Å². The van der Waals surface area contributed by atoms with Gasteiger partial charge in [0.15, 0.2) is 0 Å². The van der Waals surface area contributed by atoms with Crippen LogP contribution in [-0.2, 0) is 4.79 Å². The van der Waals surface area contributed by atoms with Crippen molar-refractivity contribution in [1.29, 1.82) is 0 Å². The molecule has 22 heavy (non-hydrogen) atoms. The van der Waals surface area contributed by atoms with Crippen LogP contribution in [0.15, 0.2) is 30.3 Å². The van der Waals surface area contributed by atoms with Crippen LogP contribution in [0.5, 0.6) is 0 Å². The molecule has 0 saturated carbocycles. The van der Waals surface area contributed by atoms with E-state index in [-0.39, 0.29) is 5.91 Å². The van der Waals surface area contributed by atoms with E-state index in [1.807, 2.05) is 19.1 Å². The lowest BCUT2D eigenvalue weighted by Gasteiger charge is -2.02. The fourth-order valence-electron chi connectivity index (χ4n) is 1.94. The first kappa shape index (κ1) is 16.3. The van der Waals surface area contributed by atoms with Gasteiger partial charge in [-0.2, -0.15) is 0 Å². The molecule has 0 unspecified atom stereocenters. The first-order valence-electron chi connectivity index (χ1n) is 6.53. The molecule has 3 N–H and O–H groups in total. The van der Waals surface area contributed by atoms with Gasteiger partial charge in [-0.05, 0) is 37.1 Å². The third-order valence-corrected chi connectivity index (χ3v) is 4.65. The summed E-state index contributed by atoms with van der Waals surface area (Å²) in [5.74, 6) is -0.893. The van der Waals surface area contributed by atoms with Crippen LogP contribution in [0.3, 0.4) is 0 Å². The van der Waals surface area contributed by atoms with Crippen molar-refractivity contribution in [3.63, 3.8) is 0 Å². The molecule has 0 atom stereocenters. The van der Waals surface area contributed by atoms with Crippen molar-refractivity contribution in [1.82, 2.24) is 0 Å². The monoisotopic (exact) mass is 334 g/mol. The van der Waals surface area contributed by atoms with Gasteiger partial charge in [0.1, 0.15) is 5.00 Å². The lowest BCUT2D eigenvalue weighted by Crippen LogP contribution is -2.16. The zero-order valence-electron chi connectivity index (χ0n) is 12.1. The first-order chi connectivity index (χ1) is 10.4. The van der Waals surface area contributed by atoms with Crippen molar-refractivity contribution < 1.29 is 9.59 Å². The van der Waals surface area contributed by atoms with E-state index in [1.54, 1.807) is 25.1 Å². The number of rotatable bonds is 4. The normalized spacial score (nSPS) is 10.9. The number of hydrogen-bond acceptors (Lipinski definition) is 3. The number of nitrogens with two attached hydrogens (primary N) is 1. The van der Waals surface area contributed by atoms with Gasteiger partial charge in [-0.25, -0.2) is 0 Å². The second kappa shape index (κ2) is 6.77. The third kappa shape index (κ3) is 3.55. The van der Waals surface area contributed by atoms with E-state index < -0.39 is 5.91 Å². The number of halogens is 1. The molecule has 0 aliphatic carbocycles. The van der Waals surface area contributed by atoms with Crippen molar-refractivity contribution >= 4 is 45.8 Å². The molecule has 1 aromatic heterocycles. The number of amides is 2. The predicted octanol–water partition coefficient (Wildman–Crippen LogP) is 3.77. The lowest BCUT2D eigenvalue weighted by atomic mass is 10.1. The summed E-state index contributed by atoms with van der Waals surface area (Å²) in [4.78, 5) is 24.5. The van der Waals surface area contributed by atoms with E-state index in [4.69, 9.17) is 17.3 Å². The number of thiophene rings is 1. The minimum absolute atomic E-state index is 0.344. The Morgan fingerprint density at radius 1 is 1.27 bits per heavy atom. The zero-order chi connectivity index (χ0) is 16.3. The summed E-state index contributed by atoms with van der Waals surface area (Å²) >= 11 is 7.35. The molecule has 2 amide bonds. The maximum Gasteiger partial charge on any atom is 0.251 e. The van der Waals surface area contributed by atoms with Crippen molar-refractivity contribution in [2.75, 3.05) is 5.32 Å². The van der Waals surface area contributed by atoms with Gasteiger partial charge in [0.05, 0.1) is 5.56 Å². The summed E-state index contributed by atoms with van der Waals surface area (Å²) in [5, 5.41) is 3.72. The molecular formula is C16H15ClN2O2S. The maximum atomic E-state index is 12.0. The Kier molecular flexibility index (Phi) is 5.00. The van der Waals surface area contributed by atoms with Crippen LogP contribution < -0.4 is 11.1 Å². The second-order valence-corrected chi connectivity index (χ2v) is 6.33. The Bertz CT molecular complexity index is 766. The van der Waals surface area contributed by atoms with E-state index in [0.717, 1.165) is 16.0 Å². The Balaban J connectivity index is 2.18. The van der Waals surface area contributed by atoms with E-state index >= 15 is 0 Å². The highest BCUT2D eigenvalue weighted by atomic mass is 35.5. The van der Waals surface area contributed by atoms with Crippen LogP contribution in [0.4, 0.5) is 5.00 Å². The quantitative estimate of drug-likeness (QED) is 0.835. The SMILES string of the molecule is Cc1sc(NC(=O)C=Cc2ccccc2Cl)c(C(N)=O)c1C. The summed E-state index contributed by atoms with van der Waals surface area (Å²) in [5.41, 5.74) is 7.27. The van der Waals surface area contributed by atoms with Gasteiger partial charge in [-0.15, -0.1) is 11.3 Å². The highest BCUT2D eigenvalue weighted by Crippen LogP contribution is 2.32. The van der Waals surface area contributed by atoms with Crippen LogP contribution in [0.1, 0.15) is 26.4 Å². The second-order valence-electron chi connectivity index (χ2n) is 4.70. The zero-order valence-corrected chi connectivity index (χ0v) is 13.7. The minimum Gasteiger partial charge on any atom is -0.365 e. The maximum absolute atomic E-state index is 12.0. The molecule has 4 nitrogen and oxygen atoms in total. The first-order valence-corrected chi connectivity index (χ1v) is 7.73. The molecule has 0 radical (unpaired) electrons. The minimum atomic E-state index is -0.549. The van der Waals surface area contributed by atoms with Gasteiger partial charge in [0.2, 0.25) is 5.91 Å². The van der Waals surface area contributed by atoms with E-state index in [1.165, 1.54) is 17.4 Å². The van der Waals surface area contributed by atoms with Crippen molar-refractivity contribution in [2.24, 2.45) is 5.73 Å². The summed E-state index contributed by atoms with van der Waals surface area (Å²) in [6, 6.07) is 7.20. The van der Waals surface area contributed by atoms with E-state index in [0.29, 0.717) is 15.6 Å². The Morgan fingerprint density at radius 3 is 2.59 bits per heavy atom. The molecule has 1 heterocycles. The number of anilines is 1. The molecule has 0 spiro atoms. The largest absolute Gasteiger partial charge is 0.365 e. The average molecular weight is 335 g/mol. The molecule has 6 heteroatoms. The average Bonchev–Trinajstić information content (AvgIpc) is 2.72. The summed E-state index contributed by atoms with van der Waals surface area (Å²) in [6.45, 7) is 3.68. The summed E-state index contributed by atoms with van der Waals surface area (Å²) in [7, 11) is 0.